The maximum absolute atomic E-state index is 5.56. The van der Waals surface area contributed by atoms with E-state index in [1.807, 2.05) is 38.1 Å². The Hall–Kier alpha value is -1.72. The molecule has 1 heterocycles. The first-order valence-electron chi connectivity index (χ1n) is 6.49. The predicted octanol–water partition coefficient (Wildman–Crippen LogP) is 2.34. The highest BCUT2D eigenvalue weighted by Crippen LogP contribution is 2.21. The molecule has 0 fully saturated rings. The molecule has 1 atom stereocenters. The summed E-state index contributed by atoms with van der Waals surface area (Å²) in [7, 11) is 0. The average Bonchev–Trinajstić information content (AvgIpc) is 2.89. The van der Waals surface area contributed by atoms with Crippen molar-refractivity contribution in [1.82, 2.24) is 10.1 Å². The molecule has 0 aliphatic rings. The fourth-order valence-electron chi connectivity index (χ4n) is 1.87. The Bertz CT molecular complexity index is 525. The molecule has 1 unspecified atom stereocenters. The minimum Gasteiger partial charge on any atom is -0.371 e. The van der Waals surface area contributed by atoms with Gasteiger partial charge < -0.3 is 15.0 Å². The zero-order valence-corrected chi connectivity index (χ0v) is 11.3. The van der Waals surface area contributed by atoms with Gasteiger partial charge >= 0.3 is 0 Å². The van der Waals surface area contributed by atoms with Crippen molar-refractivity contribution >= 4 is 0 Å². The van der Waals surface area contributed by atoms with Crippen LogP contribution in [0.2, 0.25) is 0 Å². The molecule has 1 aromatic heterocycles. The summed E-state index contributed by atoms with van der Waals surface area (Å²) < 4.78 is 10.7. The lowest BCUT2D eigenvalue weighted by Gasteiger charge is -2.04. The molecule has 0 spiro atoms. The summed E-state index contributed by atoms with van der Waals surface area (Å²) in [5.74, 6) is 1.08. The number of nitrogens with zero attached hydrogens (tertiary/aromatic N) is 2. The molecule has 2 aromatic rings. The van der Waals surface area contributed by atoms with Gasteiger partial charge in [-0.2, -0.15) is 4.98 Å². The Balaban J connectivity index is 2.20. The molecule has 0 amide bonds. The third-order valence-corrected chi connectivity index (χ3v) is 2.83. The topological polar surface area (TPSA) is 74.2 Å². The van der Waals surface area contributed by atoms with Gasteiger partial charge in [-0.25, -0.2) is 0 Å². The highest BCUT2D eigenvalue weighted by molar-refractivity contribution is 5.54. The molecule has 0 bridgehead atoms. The molecule has 102 valence electrons. The molecule has 5 heteroatoms. The van der Waals surface area contributed by atoms with E-state index in [4.69, 9.17) is 15.0 Å². The lowest BCUT2D eigenvalue weighted by atomic mass is 10.1. The summed E-state index contributed by atoms with van der Waals surface area (Å²) in [6, 6.07) is 7.98. The second kappa shape index (κ2) is 6.45. The average molecular weight is 261 g/mol. The van der Waals surface area contributed by atoms with Crippen molar-refractivity contribution in [3.05, 3.63) is 35.7 Å². The fourth-order valence-corrected chi connectivity index (χ4v) is 1.87. The third kappa shape index (κ3) is 3.39. The van der Waals surface area contributed by atoms with Crippen molar-refractivity contribution in [3.63, 3.8) is 0 Å². The van der Waals surface area contributed by atoms with Crippen LogP contribution in [-0.2, 0) is 11.2 Å². The van der Waals surface area contributed by atoms with Gasteiger partial charge in [0.15, 0.2) is 0 Å². The Morgan fingerprint density at radius 3 is 3.00 bits per heavy atom. The molecule has 2 N–H and O–H groups in total. The van der Waals surface area contributed by atoms with Gasteiger partial charge in [-0.3, -0.25) is 0 Å². The highest BCUT2D eigenvalue weighted by Gasteiger charge is 2.14. The van der Waals surface area contributed by atoms with Crippen LogP contribution in [0.3, 0.4) is 0 Å². The smallest absolute Gasteiger partial charge is 0.258 e. The van der Waals surface area contributed by atoms with Crippen molar-refractivity contribution in [2.75, 3.05) is 13.2 Å². The van der Waals surface area contributed by atoms with E-state index in [2.05, 4.69) is 10.1 Å². The zero-order chi connectivity index (χ0) is 13.7. The standard InChI is InChI=1S/C14H19N3O2/c1-3-18-10(2)13-16-14(19-17-13)12-6-4-5-11(9-12)7-8-15/h4-6,9-10H,3,7-8,15H2,1-2H3. The van der Waals surface area contributed by atoms with Crippen LogP contribution < -0.4 is 5.73 Å². The highest BCUT2D eigenvalue weighted by atomic mass is 16.5. The summed E-state index contributed by atoms with van der Waals surface area (Å²) in [5.41, 5.74) is 7.63. The minimum absolute atomic E-state index is 0.158. The predicted molar refractivity (Wildman–Crippen MR) is 72.5 cm³/mol. The lowest BCUT2D eigenvalue weighted by molar-refractivity contribution is 0.0683. The number of aromatic nitrogens is 2. The molecule has 1 aromatic carbocycles. The van der Waals surface area contributed by atoms with Crippen LogP contribution in [0, 0.1) is 0 Å². The normalized spacial score (nSPS) is 12.6. The van der Waals surface area contributed by atoms with Crippen molar-refractivity contribution < 1.29 is 9.26 Å². The summed E-state index contributed by atoms with van der Waals surface area (Å²) >= 11 is 0. The molecular weight excluding hydrogens is 242 g/mol. The Labute approximate surface area is 112 Å². The van der Waals surface area contributed by atoms with Crippen LogP contribution >= 0.6 is 0 Å². The van der Waals surface area contributed by atoms with Crippen LogP contribution in [0.25, 0.3) is 11.5 Å². The van der Waals surface area contributed by atoms with Gasteiger partial charge in [0.05, 0.1) is 0 Å². The second-order valence-electron chi connectivity index (χ2n) is 4.29. The summed E-state index contributed by atoms with van der Waals surface area (Å²) in [5, 5.41) is 3.95. The number of hydrogen-bond donors (Lipinski definition) is 1. The number of benzene rings is 1. The summed E-state index contributed by atoms with van der Waals surface area (Å²) in [4.78, 5) is 4.37. The van der Waals surface area contributed by atoms with E-state index >= 15 is 0 Å². The quantitative estimate of drug-likeness (QED) is 0.863. The van der Waals surface area contributed by atoms with E-state index in [9.17, 15) is 0 Å². The first-order chi connectivity index (χ1) is 9.24. The van der Waals surface area contributed by atoms with Crippen LogP contribution in [0.1, 0.15) is 31.3 Å². The molecule has 0 radical (unpaired) electrons. The largest absolute Gasteiger partial charge is 0.371 e. The molecular formula is C14H19N3O2. The van der Waals surface area contributed by atoms with E-state index in [-0.39, 0.29) is 6.10 Å². The molecule has 0 saturated heterocycles. The van der Waals surface area contributed by atoms with Crippen LogP contribution in [0.4, 0.5) is 0 Å². The fraction of sp³-hybridized carbons (Fsp3) is 0.429. The maximum Gasteiger partial charge on any atom is 0.258 e. The molecule has 0 aliphatic carbocycles. The number of rotatable bonds is 6. The molecule has 2 rings (SSSR count). The van der Waals surface area contributed by atoms with E-state index in [0.29, 0.717) is 24.9 Å². The first kappa shape index (κ1) is 13.7. The minimum atomic E-state index is -0.158. The SMILES string of the molecule is CCOC(C)c1noc(-c2cccc(CCN)c2)n1. The molecule has 5 nitrogen and oxygen atoms in total. The van der Waals surface area contributed by atoms with Gasteiger partial charge in [-0.1, -0.05) is 17.3 Å². The Kier molecular flexibility index (Phi) is 4.65. The van der Waals surface area contributed by atoms with Gasteiger partial charge in [0, 0.05) is 12.2 Å². The number of nitrogens with two attached hydrogens (primary N) is 1. The first-order valence-corrected chi connectivity index (χ1v) is 6.49. The molecule has 0 saturated carbocycles. The van der Waals surface area contributed by atoms with Crippen molar-refractivity contribution in [2.24, 2.45) is 5.73 Å². The van der Waals surface area contributed by atoms with Gasteiger partial charge in [0.2, 0.25) is 5.82 Å². The molecule has 19 heavy (non-hydrogen) atoms. The Morgan fingerprint density at radius 1 is 1.42 bits per heavy atom. The summed E-state index contributed by atoms with van der Waals surface area (Å²) in [6.45, 7) is 5.09. The monoisotopic (exact) mass is 261 g/mol. The van der Waals surface area contributed by atoms with Crippen LogP contribution in [0.5, 0.6) is 0 Å². The van der Waals surface area contributed by atoms with Crippen molar-refractivity contribution in [3.8, 4) is 11.5 Å². The second-order valence-corrected chi connectivity index (χ2v) is 4.29. The number of ether oxygens (including phenoxy) is 1. The maximum atomic E-state index is 5.56. The third-order valence-electron chi connectivity index (χ3n) is 2.83. The zero-order valence-electron chi connectivity index (χ0n) is 11.3. The van der Waals surface area contributed by atoms with Crippen molar-refractivity contribution in [2.45, 2.75) is 26.4 Å². The van der Waals surface area contributed by atoms with Crippen LogP contribution in [-0.4, -0.2) is 23.3 Å². The van der Waals surface area contributed by atoms with E-state index < -0.39 is 0 Å². The van der Waals surface area contributed by atoms with Gasteiger partial charge in [-0.05, 0) is 44.5 Å². The van der Waals surface area contributed by atoms with E-state index in [1.54, 1.807) is 0 Å². The van der Waals surface area contributed by atoms with Gasteiger partial charge in [-0.15, -0.1) is 0 Å². The number of hydrogen-bond acceptors (Lipinski definition) is 5. The van der Waals surface area contributed by atoms with Crippen molar-refractivity contribution in [1.29, 1.82) is 0 Å². The Morgan fingerprint density at radius 2 is 2.26 bits per heavy atom. The van der Waals surface area contributed by atoms with Crippen LogP contribution in [0.15, 0.2) is 28.8 Å². The van der Waals surface area contributed by atoms with E-state index in [1.165, 1.54) is 0 Å². The van der Waals surface area contributed by atoms with E-state index in [0.717, 1.165) is 17.5 Å². The van der Waals surface area contributed by atoms with Gasteiger partial charge in [0.25, 0.3) is 5.89 Å². The summed E-state index contributed by atoms with van der Waals surface area (Å²) in [6.07, 6.45) is 0.680. The molecule has 0 aliphatic heterocycles. The lowest BCUT2D eigenvalue weighted by Crippen LogP contribution is -2.02. The van der Waals surface area contributed by atoms with Gasteiger partial charge in [0.1, 0.15) is 6.10 Å².